The lowest BCUT2D eigenvalue weighted by atomic mass is 10.1. The number of rotatable bonds is 6. The number of aromatic nitrogens is 2. The highest BCUT2D eigenvalue weighted by Gasteiger charge is 2.13. The fourth-order valence-electron chi connectivity index (χ4n) is 3.64. The Kier molecular flexibility index (Phi) is 5.29. The van der Waals surface area contributed by atoms with E-state index in [2.05, 4.69) is 58.4 Å². The van der Waals surface area contributed by atoms with Crippen molar-refractivity contribution in [1.82, 2.24) is 14.6 Å². The van der Waals surface area contributed by atoms with Crippen molar-refractivity contribution in [2.75, 3.05) is 0 Å². The Morgan fingerprint density at radius 3 is 2.55 bits per heavy atom. The summed E-state index contributed by atoms with van der Waals surface area (Å²) in [7, 11) is 1.93. The van der Waals surface area contributed by atoms with Crippen LogP contribution < -0.4 is 5.43 Å². The van der Waals surface area contributed by atoms with Gasteiger partial charge in [-0.25, -0.2) is 5.43 Å². The maximum atomic E-state index is 12.2. The van der Waals surface area contributed by atoms with Crippen molar-refractivity contribution in [2.24, 2.45) is 12.1 Å². The number of hydrogen-bond acceptors (Lipinski definition) is 2. The van der Waals surface area contributed by atoms with Crippen molar-refractivity contribution < 1.29 is 4.79 Å². The molecule has 0 atom stereocenters. The molecule has 29 heavy (non-hydrogen) atoms. The Balaban J connectivity index is 1.57. The summed E-state index contributed by atoms with van der Waals surface area (Å²) < 4.78 is 4.22. The average molecular weight is 384 g/mol. The molecule has 0 aliphatic rings. The molecule has 0 aliphatic carbocycles. The van der Waals surface area contributed by atoms with E-state index in [1.807, 2.05) is 48.1 Å². The highest BCUT2D eigenvalue weighted by molar-refractivity contribution is 6.01. The molecule has 4 rings (SSSR count). The number of fused-ring (bicyclic) bond motifs is 1. The zero-order chi connectivity index (χ0) is 20.2. The molecule has 0 bridgehead atoms. The number of hydrazone groups is 1. The van der Waals surface area contributed by atoms with E-state index in [0.717, 1.165) is 34.4 Å². The molecule has 2 aromatic carbocycles. The van der Waals surface area contributed by atoms with Crippen molar-refractivity contribution in [2.45, 2.75) is 19.9 Å². The first-order valence-corrected chi connectivity index (χ1v) is 9.67. The molecular formula is C24H24N4O. The van der Waals surface area contributed by atoms with Crippen LogP contribution in [0.15, 0.2) is 78.0 Å². The second kappa shape index (κ2) is 8.19. The lowest BCUT2D eigenvalue weighted by molar-refractivity contribution is -0.120. The van der Waals surface area contributed by atoms with Gasteiger partial charge in [-0.2, -0.15) is 5.10 Å². The number of benzene rings is 2. The number of carbonyl (C=O) groups is 1. The molecule has 4 aromatic rings. The molecule has 0 fully saturated rings. The molecule has 2 heterocycles. The summed E-state index contributed by atoms with van der Waals surface area (Å²) in [6, 6.07) is 22.6. The quantitative estimate of drug-likeness (QED) is 0.396. The van der Waals surface area contributed by atoms with E-state index in [1.54, 1.807) is 6.21 Å². The SMILES string of the molecule is Cc1c(/C=N\NC(=O)Cc2cccn2C)c2ccccc2n1Cc1ccccc1. The predicted octanol–water partition coefficient (Wildman–Crippen LogP) is 4.03. The standard InChI is InChI=1S/C24H24N4O/c1-18-22(16-25-26-24(29)15-20-11-8-14-27(20)2)21-12-6-7-13-23(21)28(18)17-19-9-4-3-5-10-19/h3-14,16H,15,17H2,1-2H3,(H,26,29)/b25-16-. The van der Waals surface area contributed by atoms with Crippen LogP contribution in [0.4, 0.5) is 0 Å². The average Bonchev–Trinajstić information content (AvgIpc) is 3.25. The molecule has 1 amide bonds. The number of carbonyl (C=O) groups excluding carboxylic acids is 1. The van der Waals surface area contributed by atoms with Crippen LogP contribution in [0.1, 0.15) is 22.5 Å². The smallest absolute Gasteiger partial charge is 0.245 e. The summed E-state index contributed by atoms with van der Waals surface area (Å²) in [5.74, 6) is -0.131. The molecule has 146 valence electrons. The molecule has 5 nitrogen and oxygen atoms in total. The third-order valence-electron chi connectivity index (χ3n) is 5.24. The van der Waals surface area contributed by atoms with Crippen LogP contribution in [0.5, 0.6) is 0 Å². The molecule has 5 heteroatoms. The molecule has 0 radical (unpaired) electrons. The number of nitrogens with zero attached hydrogens (tertiary/aromatic N) is 3. The van der Waals surface area contributed by atoms with Gasteiger partial charge in [0, 0.05) is 47.6 Å². The third-order valence-corrected chi connectivity index (χ3v) is 5.24. The van der Waals surface area contributed by atoms with Gasteiger partial charge in [0.2, 0.25) is 5.91 Å². The molecular weight excluding hydrogens is 360 g/mol. The van der Waals surface area contributed by atoms with Crippen molar-refractivity contribution in [3.05, 3.63) is 95.4 Å². The summed E-state index contributed by atoms with van der Waals surface area (Å²) in [5, 5.41) is 5.36. The predicted molar refractivity (Wildman–Crippen MR) is 117 cm³/mol. The Labute approximate surface area is 170 Å². The Hall–Kier alpha value is -3.60. The summed E-state index contributed by atoms with van der Waals surface area (Å²) in [6.07, 6.45) is 3.98. The number of hydrogen-bond donors (Lipinski definition) is 1. The van der Waals surface area contributed by atoms with Gasteiger partial charge < -0.3 is 9.13 Å². The second-order valence-corrected chi connectivity index (χ2v) is 7.17. The van der Waals surface area contributed by atoms with Crippen LogP contribution in [-0.2, 0) is 24.8 Å². The van der Waals surface area contributed by atoms with Crippen molar-refractivity contribution in [1.29, 1.82) is 0 Å². The Morgan fingerprint density at radius 1 is 1.03 bits per heavy atom. The largest absolute Gasteiger partial charge is 0.354 e. The van der Waals surface area contributed by atoms with Gasteiger partial charge in [-0.15, -0.1) is 0 Å². The lowest BCUT2D eigenvalue weighted by Gasteiger charge is -2.08. The van der Waals surface area contributed by atoms with Gasteiger partial charge in [0.25, 0.3) is 0 Å². The first kappa shape index (κ1) is 18.7. The molecule has 0 spiro atoms. The zero-order valence-corrected chi connectivity index (χ0v) is 16.7. The molecule has 2 aromatic heterocycles. The highest BCUT2D eigenvalue weighted by atomic mass is 16.2. The van der Waals surface area contributed by atoms with Crippen LogP contribution in [0, 0.1) is 6.92 Å². The van der Waals surface area contributed by atoms with Crippen LogP contribution in [0.2, 0.25) is 0 Å². The van der Waals surface area contributed by atoms with Crippen LogP contribution in [0.25, 0.3) is 10.9 Å². The second-order valence-electron chi connectivity index (χ2n) is 7.17. The van der Waals surface area contributed by atoms with E-state index in [9.17, 15) is 4.79 Å². The molecule has 0 aliphatic heterocycles. The van der Waals surface area contributed by atoms with Crippen LogP contribution >= 0.6 is 0 Å². The van der Waals surface area contributed by atoms with Gasteiger partial charge in [-0.05, 0) is 30.7 Å². The van der Waals surface area contributed by atoms with Gasteiger partial charge in [-0.1, -0.05) is 48.5 Å². The number of para-hydroxylation sites is 1. The minimum atomic E-state index is -0.131. The van der Waals surface area contributed by atoms with E-state index in [-0.39, 0.29) is 5.91 Å². The summed E-state index contributed by atoms with van der Waals surface area (Å²) in [6.45, 7) is 2.89. The van der Waals surface area contributed by atoms with Crippen molar-refractivity contribution in [3.8, 4) is 0 Å². The van der Waals surface area contributed by atoms with E-state index in [0.29, 0.717) is 6.42 Å². The van der Waals surface area contributed by atoms with E-state index >= 15 is 0 Å². The Morgan fingerprint density at radius 2 is 1.79 bits per heavy atom. The maximum Gasteiger partial charge on any atom is 0.245 e. The molecule has 0 saturated carbocycles. The van der Waals surface area contributed by atoms with Gasteiger partial charge in [0.15, 0.2) is 0 Å². The topological polar surface area (TPSA) is 51.3 Å². The molecule has 0 saturated heterocycles. The third kappa shape index (κ3) is 3.99. The monoisotopic (exact) mass is 384 g/mol. The maximum absolute atomic E-state index is 12.2. The van der Waals surface area contributed by atoms with Crippen molar-refractivity contribution >= 4 is 23.0 Å². The number of nitrogens with one attached hydrogen (secondary N) is 1. The summed E-state index contributed by atoms with van der Waals surface area (Å²) in [4.78, 5) is 12.2. The van der Waals surface area contributed by atoms with Gasteiger partial charge in [-0.3, -0.25) is 4.79 Å². The summed E-state index contributed by atoms with van der Waals surface area (Å²) >= 11 is 0. The van der Waals surface area contributed by atoms with Crippen molar-refractivity contribution in [3.63, 3.8) is 0 Å². The van der Waals surface area contributed by atoms with Gasteiger partial charge in [0.05, 0.1) is 12.6 Å². The Bertz CT molecular complexity index is 1170. The minimum absolute atomic E-state index is 0.131. The normalized spacial score (nSPS) is 11.4. The minimum Gasteiger partial charge on any atom is -0.354 e. The van der Waals surface area contributed by atoms with Crippen LogP contribution in [-0.4, -0.2) is 21.3 Å². The van der Waals surface area contributed by atoms with Crippen LogP contribution in [0.3, 0.4) is 0 Å². The fourth-order valence-corrected chi connectivity index (χ4v) is 3.64. The van der Waals surface area contributed by atoms with Gasteiger partial charge in [0.1, 0.15) is 0 Å². The number of amides is 1. The lowest BCUT2D eigenvalue weighted by Crippen LogP contribution is -2.21. The van der Waals surface area contributed by atoms with E-state index in [4.69, 9.17) is 0 Å². The highest BCUT2D eigenvalue weighted by Crippen LogP contribution is 2.25. The van der Waals surface area contributed by atoms with Gasteiger partial charge >= 0.3 is 0 Å². The molecule has 0 unspecified atom stereocenters. The number of aryl methyl sites for hydroxylation is 1. The molecule has 1 N–H and O–H groups in total. The van der Waals surface area contributed by atoms with E-state index < -0.39 is 0 Å². The summed E-state index contributed by atoms with van der Waals surface area (Å²) in [5.41, 5.74) is 8.16. The fraction of sp³-hybridized carbons (Fsp3) is 0.167. The zero-order valence-electron chi connectivity index (χ0n) is 16.7. The van der Waals surface area contributed by atoms with E-state index in [1.165, 1.54) is 5.56 Å². The first-order valence-electron chi connectivity index (χ1n) is 9.67. The first-order chi connectivity index (χ1) is 14.1.